The molecule has 0 aliphatic heterocycles. The Bertz CT molecular complexity index is 630. The van der Waals surface area contributed by atoms with Crippen molar-refractivity contribution < 1.29 is 4.79 Å². The Morgan fingerprint density at radius 3 is 2.80 bits per heavy atom. The Labute approximate surface area is 131 Å². The van der Waals surface area contributed by atoms with Gasteiger partial charge in [0.1, 0.15) is 10.2 Å². The molecule has 0 aromatic carbocycles. The van der Waals surface area contributed by atoms with Crippen molar-refractivity contribution in [2.45, 2.75) is 26.3 Å². The summed E-state index contributed by atoms with van der Waals surface area (Å²) in [6.45, 7) is 3.95. The highest BCUT2D eigenvalue weighted by Crippen LogP contribution is 2.22. The second-order valence-corrected chi connectivity index (χ2v) is 6.14. The van der Waals surface area contributed by atoms with E-state index in [0.29, 0.717) is 5.56 Å². The number of nitrogens with zero attached hydrogens (tertiary/aromatic N) is 2. The number of carbonyl (C=O) groups is 1. The van der Waals surface area contributed by atoms with Crippen LogP contribution in [0, 0.1) is 0 Å². The lowest BCUT2D eigenvalue weighted by Crippen LogP contribution is -2.26. The van der Waals surface area contributed by atoms with Crippen molar-refractivity contribution in [2.75, 3.05) is 0 Å². The second kappa shape index (κ2) is 6.52. The van der Waals surface area contributed by atoms with E-state index in [9.17, 15) is 4.79 Å². The Morgan fingerprint density at radius 1 is 1.40 bits per heavy atom. The topological polar surface area (TPSA) is 54.9 Å². The van der Waals surface area contributed by atoms with Gasteiger partial charge in [-0.15, -0.1) is 11.3 Å². The fourth-order valence-electron chi connectivity index (χ4n) is 1.61. The average molecular weight is 330 g/mol. The summed E-state index contributed by atoms with van der Waals surface area (Å²) in [6.07, 6.45) is 4.13. The first-order valence-electron chi connectivity index (χ1n) is 6.07. The van der Waals surface area contributed by atoms with E-state index in [2.05, 4.69) is 22.2 Å². The van der Waals surface area contributed by atoms with Crippen molar-refractivity contribution >= 4 is 40.4 Å². The first-order valence-corrected chi connectivity index (χ1v) is 7.65. The molecular weight excluding hydrogens is 317 g/mol. The number of amides is 1. The van der Waals surface area contributed by atoms with Crippen molar-refractivity contribution in [3.05, 3.63) is 44.1 Å². The Morgan fingerprint density at radius 2 is 2.15 bits per heavy atom. The summed E-state index contributed by atoms with van der Waals surface area (Å²) in [5, 5.41) is 4.23. The van der Waals surface area contributed by atoms with Crippen LogP contribution < -0.4 is 5.32 Å². The summed E-state index contributed by atoms with van der Waals surface area (Å²) >= 11 is 13.3. The van der Waals surface area contributed by atoms with Crippen LogP contribution in [0.4, 0.5) is 0 Å². The van der Waals surface area contributed by atoms with E-state index < -0.39 is 0 Å². The third-order valence-electron chi connectivity index (χ3n) is 2.70. The first kappa shape index (κ1) is 15.2. The Kier molecular flexibility index (Phi) is 4.96. The molecule has 1 atom stereocenters. The number of aromatic nitrogens is 2. The molecule has 0 aliphatic carbocycles. The maximum Gasteiger partial charge on any atom is 0.253 e. The lowest BCUT2D eigenvalue weighted by molar-refractivity contribution is 0.0940. The summed E-state index contributed by atoms with van der Waals surface area (Å²) in [6, 6.07) is 1.27. The molecule has 0 aliphatic rings. The van der Waals surface area contributed by atoms with E-state index >= 15 is 0 Å². The molecule has 2 aromatic heterocycles. The van der Waals surface area contributed by atoms with Crippen LogP contribution in [0.25, 0.3) is 0 Å². The number of rotatable bonds is 4. The smallest absolute Gasteiger partial charge is 0.253 e. The number of hydrogen-bond donors (Lipinski definition) is 1. The highest BCUT2D eigenvalue weighted by molar-refractivity contribution is 7.11. The van der Waals surface area contributed by atoms with E-state index in [1.54, 1.807) is 11.3 Å². The van der Waals surface area contributed by atoms with Gasteiger partial charge in [0.25, 0.3) is 5.91 Å². The van der Waals surface area contributed by atoms with Crippen LogP contribution in [0.1, 0.15) is 40.1 Å². The van der Waals surface area contributed by atoms with Gasteiger partial charge in [0.15, 0.2) is 0 Å². The van der Waals surface area contributed by atoms with Crippen LogP contribution >= 0.6 is 34.5 Å². The fourth-order valence-corrected chi connectivity index (χ4v) is 2.82. The molecule has 0 radical (unpaired) electrons. The van der Waals surface area contributed by atoms with Crippen molar-refractivity contribution in [2.24, 2.45) is 0 Å². The molecule has 106 valence electrons. The molecule has 20 heavy (non-hydrogen) atoms. The molecular formula is C13H13Cl2N3OS. The van der Waals surface area contributed by atoms with Crippen LogP contribution in [0.5, 0.6) is 0 Å². The monoisotopic (exact) mass is 329 g/mol. The highest BCUT2D eigenvalue weighted by atomic mass is 35.5. The molecule has 0 spiro atoms. The van der Waals surface area contributed by atoms with Gasteiger partial charge in [-0.2, -0.15) is 0 Å². The van der Waals surface area contributed by atoms with Crippen LogP contribution in [0.3, 0.4) is 0 Å². The normalized spacial score (nSPS) is 12.2. The van der Waals surface area contributed by atoms with Gasteiger partial charge in [0, 0.05) is 17.3 Å². The molecule has 4 nitrogen and oxygen atoms in total. The summed E-state index contributed by atoms with van der Waals surface area (Å²) in [5.41, 5.74) is 0.311. The zero-order chi connectivity index (χ0) is 14.7. The molecule has 0 bridgehead atoms. The van der Waals surface area contributed by atoms with Gasteiger partial charge in [0.2, 0.25) is 0 Å². The molecule has 0 saturated heterocycles. The standard InChI is InChI=1S/C13H13Cl2N3OS/c1-3-8-5-17-13(20-8)7(2)18-12(19)9-4-11(15)16-6-10(9)14/h4-7H,3H2,1-2H3,(H,18,19). The van der Waals surface area contributed by atoms with Crippen LogP contribution in [-0.2, 0) is 6.42 Å². The van der Waals surface area contributed by atoms with Gasteiger partial charge < -0.3 is 5.32 Å². The van der Waals surface area contributed by atoms with Crippen molar-refractivity contribution in [3.8, 4) is 0 Å². The van der Waals surface area contributed by atoms with Gasteiger partial charge in [-0.3, -0.25) is 4.79 Å². The van der Waals surface area contributed by atoms with Crippen molar-refractivity contribution in [3.63, 3.8) is 0 Å². The Balaban J connectivity index is 2.12. The number of nitrogens with one attached hydrogen (secondary N) is 1. The summed E-state index contributed by atoms with van der Waals surface area (Å²) < 4.78 is 0. The predicted octanol–water partition coefficient (Wildman–Crippen LogP) is 3.90. The average Bonchev–Trinajstić information content (AvgIpc) is 2.90. The molecule has 2 heterocycles. The molecule has 0 fully saturated rings. The fraction of sp³-hybridized carbons (Fsp3) is 0.308. The summed E-state index contributed by atoms with van der Waals surface area (Å²) in [5.74, 6) is -0.292. The quantitative estimate of drug-likeness (QED) is 0.865. The molecule has 2 aromatic rings. The van der Waals surface area contributed by atoms with E-state index in [4.69, 9.17) is 23.2 Å². The number of carbonyl (C=O) groups excluding carboxylic acids is 1. The zero-order valence-electron chi connectivity index (χ0n) is 11.0. The van der Waals surface area contributed by atoms with Gasteiger partial charge in [0.05, 0.1) is 16.6 Å². The molecule has 2 rings (SSSR count). The minimum absolute atomic E-state index is 0.184. The van der Waals surface area contributed by atoms with Crippen LogP contribution in [0.2, 0.25) is 10.2 Å². The van der Waals surface area contributed by atoms with Gasteiger partial charge >= 0.3 is 0 Å². The zero-order valence-corrected chi connectivity index (χ0v) is 13.3. The van der Waals surface area contributed by atoms with Crippen LogP contribution in [-0.4, -0.2) is 15.9 Å². The van der Waals surface area contributed by atoms with Crippen molar-refractivity contribution in [1.82, 2.24) is 15.3 Å². The van der Waals surface area contributed by atoms with Gasteiger partial charge in [-0.1, -0.05) is 30.1 Å². The second-order valence-electron chi connectivity index (χ2n) is 4.20. The third-order valence-corrected chi connectivity index (χ3v) is 4.54. The molecule has 1 unspecified atom stereocenters. The molecule has 1 N–H and O–H groups in total. The van der Waals surface area contributed by atoms with Gasteiger partial charge in [-0.05, 0) is 19.4 Å². The van der Waals surface area contributed by atoms with Gasteiger partial charge in [-0.25, -0.2) is 9.97 Å². The number of thiazole rings is 1. The van der Waals surface area contributed by atoms with E-state index in [1.165, 1.54) is 17.1 Å². The molecule has 1 amide bonds. The molecule has 0 saturated carbocycles. The number of halogens is 2. The largest absolute Gasteiger partial charge is 0.343 e. The van der Waals surface area contributed by atoms with E-state index in [-0.39, 0.29) is 22.1 Å². The lowest BCUT2D eigenvalue weighted by atomic mass is 10.2. The van der Waals surface area contributed by atoms with Crippen molar-refractivity contribution in [1.29, 1.82) is 0 Å². The number of aryl methyl sites for hydroxylation is 1. The maximum absolute atomic E-state index is 12.2. The summed E-state index contributed by atoms with van der Waals surface area (Å²) in [7, 11) is 0. The van der Waals surface area contributed by atoms with Crippen LogP contribution in [0.15, 0.2) is 18.5 Å². The van der Waals surface area contributed by atoms with E-state index in [1.807, 2.05) is 13.1 Å². The predicted molar refractivity (Wildman–Crippen MR) is 81.6 cm³/mol. The number of pyridine rings is 1. The molecule has 7 heteroatoms. The lowest BCUT2D eigenvalue weighted by Gasteiger charge is -2.12. The maximum atomic E-state index is 12.2. The SMILES string of the molecule is CCc1cnc(C(C)NC(=O)c2cc(Cl)ncc2Cl)s1. The Hall–Kier alpha value is -1.17. The minimum atomic E-state index is -0.292. The van der Waals surface area contributed by atoms with E-state index in [0.717, 1.165) is 11.4 Å². The highest BCUT2D eigenvalue weighted by Gasteiger charge is 2.17. The number of hydrogen-bond acceptors (Lipinski definition) is 4. The minimum Gasteiger partial charge on any atom is -0.343 e. The summed E-state index contributed by atoms with van der Waals surface area (Å²) in [4.78, 5) is 21.5. The first-order chi connectivity index (χ1) is 9.51. The third kappa shape index (κ3) is 3.48.